The van der Waals surface area contributed by atoms with Crippen LogP contribution in [0.4, 0.5) is 5.95 Å². The Labute approximate surface area is 100 Å². The van der Waals surface area contributed by atoms with Crippen LogP contribution in [0.1, 0.15) is 12.8 Å². The number of nitrogens with two attached hydrogens (primary N) is 1. The van der Waals surface area contributed by atoms with Crippen LogP contribution in [0.2, 0.25) is 0 Å². The van der Waals surface area contributed by atoms with Crippen LogP contribution in [-0.2, 0) is 6.54 Å². The first-order chi connectivity index (χ1) is 8.25. The summed E-state index contributed by atoms with van der Waals surface area (Å²) in [5, 5.41) is 0. The highest BCUT2D eigenvalue weighted by Gasteiger charge is 2.25. The zero-order valence-electron chi connectivity index (χ0n) is 10.0. The van der Waals surface area contributed by atoms with Gasteiger partial charge in [-0.2, -0.15) is 0 Å². The Morgan fingerprint density at radius 1 is 1.53 bits per heavy atom. The molecule has 0 unspecified atom stereocenters. The van der Waals surface area contributed by atoms with E-state index in [1.54, 1.807) is 12.4 Å². The van der Waals surface area contributed by atoms with Gasteiger partial charge in [-0.3, -0.25) is 4.98 Å². The Bertz CT molecular complexity index is 529. The fourth-order valence-corrected chi connectivity index (χ4v) is 2.19. The van der Waals surface area contributed by atoms with Crippen molar-refractivity contribution < 1.29 is 0 Å². The molecule has 17 heavy (non-hydrogen) atoms. The molecule has 0 aliphatic heterocycles. The third kappa shape index (κ3) is 1.98. The van der Waals surface area contributed by atoms with E-state index in [9.17, 15) is 0 Å². The highest BCUT2D eigenvalue weighted by atomic mass is 15.2. The lowest BCUT2D eigenvalue weighted by Crippen LogP contribution is -2.25. The Hall–Kier alpha value is -1.62. The molecule has 1 fully saturated rings. The Morgan fingerprint density at radius 2 is 2.35 bits per heavy atom. The molecule has 3 rings (SSSR count). The molecule has 0 aromatic carbocycles. The summed E-state index contributed by atoms with van der Waals surface area (Å²) >= 11 is 0. The smallest absolute Gasteiger partial charge is 0.201 e. The van der Waals surface area contributed by atoms with Gasteiger partial charge >= 0.3 is 0 Å². The van der Waals surface area contributed by atoms with Crippen LogP contribution in [0, 0.1) is 0 Å². The normalized spacial score (nSPS) is 15.9. The van der Waals surface area contributed by atoms with E-state index in [1.807, 2.05) is 6.07 Å². The molecule has 0 radical (unpaired) electrons. The van der Waals surface area contributed by atoms with Gasteiger partial charge in [0.05, 0.1) is 11.7 Å². The van der Waals surface area contributed by atoms with Crippen molar-refractivity contribution in [2.75, 3.05) is 19.3 Å². The van der Waals surface area contributed by atoms with E-state index < -0.39 is 0 Å². The van der Waals surface area contributed by atoms with E-state index in [-0.39, 0.29) is 0 Å². The average molecular weight is 231 g/mol. The number of nitrogen functional groups attached to an aromatic ring is 1. The molecule has 2 aromatic heterocycles. The molecular weight excluding hydrogens is 214 g/mol. The summed E-state index contributed by atoms with van der Waals surface area (Å²) in [6.45, 7) is 1.90. The Morgan fingerprint density at radius 3 is 3.12 bits per heavy atom. The second kappa shape index (κ2) is 4.00. The van der Waals surface area contributed by atoms with E-state index >= 15 is 0 Å². The van der Waals surface area contributed by atoms with Gasteiger partial charge < -0.3 is 15.2 Å². The molecule has 1 aliphatic carbocycles. The zero-order chi connectivity index (χ0) is 11.8. The number of likely N-dealkylation sites (N-methyl/N-ethyl adjacent to an activating group) is 1. The molecule has 2 N–H and O–H groups in total. The summed E-state index contributed by atoms with van der Waals surface area (Å²) in [5.41, 5.74) is 7.88. The maximum atomic E-state index is 5.94. The first kappa shape index (κ1) is 10.5. The first-order valence-corrected chi connectivity index (χ1v) is 6.01. The van der Waals surface area contributed by atoms with Crippen LogP contribution in [-0.4, -0.2) is 39.1 Å². The van der Waals surface area contributed by atoms with E-state index in [0.717, 1.165) is 30.2 Å². The van der Waals surface area contributed by atoms with Gasteiger partial charge in [-0.1, -0.05) is 0 Å². The van der Waals surface area contributed by atoms with Crippen LogP contribution in [0.15, 0.2) is 18.5 Å². The van der Waals surface area contributed by atoms with Crippen LogP contribution in [0.25, 0.3) is 11.0 Å². The molecule has 0 amide bonds. The van der Waals surface area contributed by atoms with Crippen LogP contribution in [0.3, 0.4) is 0 Å². The quantitative estimate of drug-likeness (QED) is 0.856. The summed E-state index contributed by atoms with van der Waals surface area (Å²) in [6.07, 6.45) is 6.21. The van der Waals surface area contributed by atoms with Crippen molar-refractivity contribution in [3.8, 4) is 0 Å². The number of hydrogen-bond acceptors (Lipinski definition) is 4. The average Bonchev–Trinajstić information content (AvgIpc) is 3.11. The van der Waals surface area contributed by atoms with E-state index in [2.05, 4.69) is 26.5 Å². The van der Waals surface area contributed by atoms with Crippen LogP contribution < -0.4 is 5.73 Å². The van der Waals surface area contributed by atoms with Gasteiger partial charge in [0.25, 0.3) is 0 Å². The molecule has 0 atom stereocenters. The summed E-state index contributed by atoms with van der Waals surface area (Å²) in [5.74, 6) is 0.581. The lowest BCUT2D eigenvalue weighted by molar-refractivity contribution is 0.311. The highest BCUT2D eigenvalue weighted by Crippen LogP contribution is 2.25. The topological polar surface area (TPSA) is 60.0 Å². The number of anilines is 1. The molecule has 1 saturated carbocycles. The van der Waals surface area contributed by atoms with Crippen molar-refractivity contribution in [3.05, 3.63) is 18.5 Å². The predicted molar refractivity (Wildman–Crippen MR) is 67.6 cm³/mol. The van der Waals surface area contributed by atoms with Crippen molar-refractivity contribution >= 4 is 17.0 Å². The number of pyridine rings is 1. The largest absolute Gasteiger partial charge is 0.369 e. The van der Waals surface area contributed by atoms with Crippen molar-refractivity contribution in [1.29, 1.82) is 0 Å². The van der Waals surface area contributed by atoms with Gasteiger partial charge in [-0.15, -0.1) is 0 Å². The first-order valence-electron chi connectivity index (χ1n) is 6.01. The lowest BCUT2D eigenvalue weighted by atomic mass is 10.4. The maximum absolute atomic E-state index is 5.94. The van der Waals surface area contributed by atoms with Gasteiger partial charge in [0.2, 0.25) is 5.95 Å². The molecule has 90 valence electrons. The number of imidazole rings is 1. The molecule has 5 nitrogen and oxygen atoms in total. The zero-order valence-corrected chi connectivity index (χ0v) is 10.0. The Kier molecular flexibility index (Phi) is 2.48. The summed E-state index contributed by atoms with van der Waals surface area (Å²) < 4.78 is 2.07. The molecule has 0 saturated heterocycles. The van der Waals surface area contributed by atoms with Gasteiger partial charge in [-0.25, -0.2) is 4.98 Å². The van der Waals surface area contributed by atoms with Crippen molar-refractivity contribution in [1.82, 2.24) is 19.4 Å². The SMILES string of the molecule is CN(CCn1c(N)nc2cnccc21)C1CC1. The van der Waals surface area contributed by atoms with Crippen LogP contribution in [0.5, 0.6) is 0 Å². The van der Waals surface area contributed by atoms with E-state index in [4.69, 9.17) is 5.73 Å². The summed E-state index contributed by atoms with van der Waals surface area (Å²) in [7, 11) is 2.18. The molecular formula is C12H17N5. The highest BCUT2D eigenvalue weighted by molar-refractivity contribution is 5.76. The number of aromatic nitrogens is 3. The summed E-state index contributed by atoms with van der Waals surface area (Å²) in [6, 6.07) is 2.75. The van der Waals surface area contributed by atoms with Gasteiger partial charge in [-0.05, 0) is 26.0 Å². The third-order valence-electron chi connectivity index (χ3n) is 3.43. The minimum absolute atomic E-state index is 0.581. The van der Waals surface area contributed by atoms with E-state index in [0.29, 0.717) is 5.95 Å². The fraction of sp³-hybridized carbons (Fsp3) is 0.500. The number of fused-ring (bicyclic) bond motifs is 1. The molecule has 1 aliphatic rings. The van der Waals surface area contributed by atoms with Gasteiger partial charge in [0, 0.05) is 25.3 Å². The minimum atomic E-state index is 0.581. The molecule has 2 aromatic rings. The second-order valence-electron chi connectivity index (χ2n) is 4.70. The maximum Gasteiger partial charge on any atom is 0.201 e. The van der Waals surface area contributed by atoms with Crippen molar-refractivity contribution in [2.24, 2.45) is 0 Å². The lowest BCUT2D eigenvalue weighted by Gasteiger charge is -2.16. The van der Waals surface area contributed by atoms with Crippen molar-refractivity contribution in [3.63, 3.8) is 0 Å². The number of rotatable bonds is 4. The van der Waals surface area contributed by atoms with Crippen molar-refractivity contribution in [2.45, 2.75) is 25.4 Å². The fourth-order valence-electron chi connectivity index (χ4n) is 2.19. The third-order valence-corrected chi connectivity index (χ3v) is 3.43. The van der Waals surface area contributed by atoms with Crippen LogP contribution >= 0.6 is 0 Å². The standard InChI is InChI=1S/C12H17N5/c1-16(9-2-3-9)6-7-17-11-4-5-14-8-10(11)15-12(17)13/h4-5,8-9H,2-3,6-7H2,1H3,(H2,13,15). The number of hydrogen-bond donors (Lipinski definition) is 1. The van der Waals surface area contributed by atoms with E-state index in [1.165, 1.54) is 12.8 Å². The monoisotopic (exact) mass is 231 g/mol. The molecule has 0 bridgehead atoms. The predicted octanol–water partition coefficient (Wildman–Crippen LogP) is 1.11. The second-order valence-corrected chi connectivity index (χ2v) is 4.70. The number of nitrogens with zero attached hydrogens (tertiary/aromatic N) is 4. The Balaban J connectivity index is 1.81. The molecule has 5 heteroatoms. The van der Waals surface area contributed by atoms with Gasteiger partial charge in [0.1, 0.15) is 5.52 Å². The summed E-state index contributed by atoms with van der Waals surface area (Å²) in [4.78, 5) is 10.8. The molecule has 0 spiro atoms. The molecule has 2 heterocycles. The van der Waals surface area contributed by atoms with Gasteiger partial charge in [0.15, 0.2) is 0 Å². The minimum Gasteiger partial charge on any atom is -0.369 e.